The number of pyridine rings is 1. The largest absolute Gasteiger partial charge is 0.494 e. The number of halogens is 1. The van der Waals surface area contributed by atoms with Gasteiger partial charge in [-0.3, -0.25) is 0 Å². The number of likely N-dealkylation sites (tertiary alicyclic amines) is 1. The number of benzene rings is 2. The molecule has 2 aromatic carbocycles. The molecule has 7 heteroatoms. The minimum absolute atomic E-state index is 0.291. The minimum atomic E-state index is -0.291. The Labute approximate surface area is 212 Å². The highest BCUT2D eigenvalue weighted by Crippen LogP contribution is 2.38. The van der Waals surface area contributed by atoms with Crippen LogP contribution < -0.4 is 10.1 Å². The van der Waals surface area contributed by atoms with Gasteiger partial charge in [0.15, 0.2) is 5.58 Å². The number of nitrogens with zero attached hydrogens (tertiary/aromatic N) is 3. The van der Waals surface area contributed by atoms with E-state index >= 15 is 0 Å². The van der Waals surface area contributed by atoms with Gasteiger partial charge in [-0.25, -0.2) is 9.37 Å². The maximum Gasteiger partial charge on any atom is 0.177 e. The number of anilines is 1. The first kappa shape index (κ1) is 24.8. The van der Waals surface area contributed by atoms with Crippen LogP contribution in [0.1, 0.15) is 38.5 Å². The highest BCUT2D eigenvalue weighted by Gasteiger charge is 2.18. The Bertz CT molecular complexity index is 1310. The van der Waals surface area contributed by atoms with Gasteiger partial charge in [-0.1, -0.05) is 12.8 Å². The summed E-state index contributed by atoms with van der Waals surface area (Å²) in [5.41, 5.74) is 3.74. The van der Waals surface area contributed by atoms with Gasteiger partial charge in [0, 0.05) is 23.9 Å². The average molecular weight is 493 g/mol. The first-order valence-corrected chi connectivity index (χ1v) is 13.3. The third-order valence-corrected chi connectivity index (χ3v) is 7.02. The fourth-order valence-electron chi connectivity index (χ4n) is 5.08. The summed E-state index contributed by atoms with van der Waals surface area (Å²) in [5.74, 6) is 0.544. The van der Waals surface area contributed by atoms with E-state index in [0.717, 1.165) is 61.5 Å². The van der Waals surface area contributed by atoms with Crippen molar-refractivity contribution in [3.8, 4) is 5.75 Å². The predicted octanol–water partition coefficient (Wildman–Crippen LogP) is 6.28. The Hall–Kier alpha value is -2.90. The van der Waals surface area contributed by atoms with Crippen molar-refractivity contribution in [1.29, 1.82) is 0 Å². The molecule has 1 N–H and O–H groups in total. The minimum Gasteiger partial charge on any atom is -0.494 e. The molecule has 0 aliphatic carbocycles. The molecule has 3 heterocycles. The highest BCUT2D eigenvalue weighted by atomic mass is 19.1. The number of aromatic nitrogens is 1. The summed E-state index contributed by atoms with van der Waals surface area (Å²) >= 11 is 0. The molecule has 0 saturated carbocycles. The lowest BCUT2D eigenvalue weighted by Crippen LogP contribution is -2.26. The SMILES string of the molecule is CN(C)CCCCCCOc1ccc2nc3c(oc4ccc(F)cc43)c(NCCN3CCCC3)c2c1. The Kier molecular flexibility index (Phi) is 7.87. The number of ether oxygens (including phenoxy) is 1. The zero-order valence-electron chi connectivity index (χ0n) is 21.5. The summed E-state index contributed by atoms with van der Waals surface area (Å²) in [4.78, 5) is 9.58. The van der Waals surface area contributed by atoms with E-state index in [1.807, 2.05) is 12.1 Å². The molecule has 36 heavy (non-hydrogen) atoms. The summed E-state index contributed by atoms with van der Waals surface area (Å²) < 4.78 is 26.4. The maximum atomic E-state index is 14.0. The first-order valence-electron chi connectivity index (χ1n) is 13.3. The Morgan fingerprint density at radius 1 is 1.03 bits per heavy atom. The van der Waals surface area contributed by atoms with E-state index in [1.54, 1.807) is 6.07 Å². The molecule has 0 unspecified atom stereocenters. The Morgan fingerprint density at radius 3 is 2.69 bits per heavy atom. The van der Waals surface area contributed by atoms with Crippen LogP contribution in [-0.2, 0) is 0 Å². The van der Waals surface area contributed by atoms with Crippen LogP contribution in [0.15, 0.2) is 40.8 Å². The molecule has 0 bridgehead atoms. The van der Waals surface area contributed by atoms with E-state index in [0.29, 0.717) is 28.7 Å². The average Bonchev–Trinajstić information content (AvgIpc) is 3.51. The summed E-state index contributed by atoms with van der Waals surface area (Å²) in [5, 5.41) is 5.29. The van der Waals surface area contributed by atoms with Crippen molar-refractivity contribution in [2.24, 2.45) is 0 Å². The van der Waals surface area contributed by atoms with Crippen molar-refractivity contribution < 1.29 is 13.5 Å². The zero-order valence-corrected chi connectivity index (χ0v) is 21.5. The molecular weight excluding hydrogens is 455 g/mol. The van der Waals surface area contributed by atoms with Gasteiger partial charge in [0.25, 0.3) is 0 Å². The van der Waals surface area contributed by atoms with Crippen molar-refractivity contribution >= 4 is 38.7 Å². The summed E-state index contributed by atoms with van der Waals surface area (Å²) in [6.07, 6.45) is 7.19. The molecule has 0 amide bonds. The lowest BCUT2D eigenvalue weighted by atomic mass is 10.1. The normalized spacial score (nSPS) is 14.6. The van der Waals surface area contributed by atoms with Gasteiger partial charge in [-0.15, -0.1) is 0 Å². The van der Waals surface area contributed by atoms with Gasteiger partial charge >= 0.3 is 0 Å². The maximum absolute atomic E-state index is 14.0. The van der Waals surface area contributed by atoms with Gasteiger partial charge in [-0.2, -0.15) is 0 Å². The second-order valence-corrected chi connectivity index (χ2v) is 10.1. The van der Waals surface area contributed by atoms with Crippen molar-refractivity contribution in [2.75, 3.05) is 58.7 Å². The molecule has 1 aliphatic rings. The molecule has 6 nitrogen and oxygen atoms in total. The van der Waals surface area contributed by atoms with Crippen LogP contribution >= 0.6 is 0 Å². The van der Waals surface area contributed by atoms with Crippen LogP contribution in [0.5, 0.6) is 5.75 Å². The zero-order chi connectivity index (χ0) is 24.9. The summed E-state index contributed by atoms with van der Waals surface area (Å²) in [6, 6.07) is 10.6. The smallest absolute Gasteiger partial charge is 0.177 e. The van der Waals surface area contributed by atoms with Gasteiger partial charge in [0.1, 0.15) is 22.7 Å². The molecule has 1 fully saturated rings. The van der Waals surface area contributed by atoms with Crippen molar-refractivity contribution in [1.82, 2.24) is 14.8 Å². The molecule has 4 aromatic rings. The van der Waals surface area contributed by atoms with Crippen LogP contribution in [0.3, 0.4) is 0 Å². The van der Waals surface area contributed by atoms with E-state index in [2.05, 4.69) is 35.3 Å². The number of furan rings is 1. The molecule has 2 aromatic heterocycles. The standard InChI is InChI=1S/C29H37FN4O2/c1-33(2)14-5-3-4-8-18-35-22-10-11-25-23(20-22)27(31-13-17-34-15-6-7-16-34)29-28(32-25)24-19-21(30)9-12-26(24)36-29/h9-12,19-20H,3-8,13-18H2,1-2H3,(H,31,32). The number of rotatable bonds is 12. The van der Waals surface area contributed by atoms with E-state index in [9.17, 15) is 4.39 Å². The van der Waals surface area contributed by atoms with Gasteiger partial charge in [0.05, 0.1) is 17.8 Å². The van der Waals surface area contributed by atoms with Crippen LogP contribution in [0.4, 0.5) is 10.1 Å². The van der Waals surface area contributed by atoms with Crippen molar-refractivity contribution in [3.05, 3.63) is 42.2 Å². The molecule has 1 saturated heterocycles. The monoisotopic (exact) mass is 492 g/mol. The van der Waals surface area contributed by atoms with Crippen molar-refractivity contribution in [3.63, 3.8) is 0 Å². The topological polar surface area (TPSA) is 53.8 Å². The first-order chi connectivity index (χ1) is 17.6. The Morgan fingerprint density at radius 2 is 1.86 bits per heavy atom. The molecule has 0 radical (unpaired) electrons. The number of hydrogen-bond donors (Lipinski definition) is 1. The fourth-order valence-corrected chi connectivity index (χ4v) is 5.08. The van der Waals surface area contributed by atoms with E-state index < -0.39 is 0 Å². The highest BCUT2D eigenvalue weighted by molar-refractivity contribution is 6.14. The lowest BCUT2D eigenvalue weighted by molar-refractivity contribution is 0.302. The molecule has 0 atom stereocenters. The molecule has 0 spiro atoms. The van der Waals surface area contributed by atoms with Crippen molar-refractivity contribution in [2.45, 2.75) is 38.5 Å². The lowest BCUT2D eigenvalue weighted by Gasteiger charge is -2.17. The van der Waals surface area contributed by atoms with E-state index in [4.69, 9.17) is 14.1 Å². The van der Waals surface area contributed by atoms with Crippen LogP contribution in [-0.4, -0.2) is 68.2 Å². The van der Waals surface area contributed by atoms with Gasteiger partial charge in [0.2, 0.25) is 0 Å². The molecule has 5 rings (SSSR count). The number of nitrogens with one attached hydrogen (secondary N) is 1. The van der Waals surface area contributed by atoms with E-state index in [1.165, 1.54) is 44.2 Å². The molecular formula is C29H37FN4O2. The number of unbranched alkanes of at least 4 members (excludes halogenated alkanes) is 3. The third-order valence-electron chi connectivity index (χ3n) is 7.02. The number of fused-ring (bicyclic) bond motifs is 4. The molecule has 192 valence electrons. The van der Waals surface area contributed by atoms with E-state index in [-0.39, 0.29) is 5.82 Å². The Balaban J connectivity index is 1.38. The molecule has 1 aliphatic heterocycles. The van der Waals surface area contributed by atoms with Crippen LogP contribution in [0.2, 0.25) is 0 Å². The number of hydrogen-bond acceptors (Lipinski definition) is 6. The second kappa shape index (κ2) is 11.4. The van der Waals surface area contributed by atoms with Crippen LogP contribution in [0, 0.1) is 5.82 Å². The predicted molar refractivity (Wildman–Crippen MR) is 146 cm³/mol. The van der Waals surface area contributed by atoms with Gasteiger partial charge in [-0.05, 0) is 95.8 Å². The third kappa shape index (κ3) is 5.73. The quantitative estimate of drug-likeness (QED) is 0.235. The fraction of sp³-hybridized carbons (Fsp3) is 0.483. The van der Waals surface area contributed by atoms with Crippen LogP contribution in [0.25, 0.3) is 33.0 Å². The second-order valence-electron chi connectivity index (χ2n) is 10.1. The van der Waals surface area contributed by atoms with Gasteiger partial charge < -0.3 is 24.3 Å². The summed E-state index contributed by atoms with van der Waals surface area (Å²) in [7, 11) is 4.23. The summed E-state index contributed by atoms with van der Waals surface area (Å²) in [6.45, 7) is 5.93.